The zero-order chi connectivity index (χ0) is 74.4. The van der Waals surface area contributed by atoms with E-state index in [2.05, 4.69) is 48.5 Å². The average molecular weight is 1480 g/mol. The van der Waals surface area contributed by atoms with Crippen LogP contribution in [0.5, 0.6) is 0 Å². The van der Waals surface area contributed by atoms with E-state index in [9.17, 15) is 43.2 Å². The van der Waals surface area contributed by atoms with Crippen LogP contribution in [0.25, 0.3) is 0 Å². The molecule has 0 aromatic rings. The Balaban J connectivity index is 5.26. The van der Waals surface area contributed by atoms with Crippen molar-refractivity contribution in [3.63, 3.8) is 0 Å². The number of carbonyl (C=O) groups excluding carboxylic acids is 4. The highest BCUT2D eigenvalue weighted by Crippen LogP contribution is 2.45. The molecule has 2 unspecified atom stereocenters. The van der Waals surface area contributed by atoms with Crippen molar-refractivity contribution in [2.24, 2.45) is 17.8 Å². The molecule has 0 radical (unpaired) electrons. The molecular weight excluding hydrogens is 1320 g/mol. The van der Waals surface area contributed by atoms with Crippen LogP contribution in [0.1, 0.15) is 427 Å². The maximum Gasteiger partial charge on any atom is 0.472 e. The van der Waals surface area contributed by atoms with E-state index < -0.39 is 97.5 Å². The number of carbonyl (C=O) groups is 4. The fraction of sp³-hybridized carbons (Fsp3) is 0.951. The Labute approximate surface area is 619 Å². The molecule has 600 valence electrons. The second kappa shape index (κ2) is 72.3. The number of rotatable bonds is 80. The molecule has 0 saturated carbocycles. The summed E-state index contributed by atoms with van der Waals surface area (Å²) in [5, 5.41) is 10.7. The van der Waals surface area contributed by atoms with Gasteiger partial charge in [-0.25, -0.2) is 9.13 Å². The van der Waals surface area contributed by atoms with Crippen LogP contribution in [-0.4, -0.2) is 96.7 Å². The maximum absolute atomic E-state index is 13.1. The predicted octanol–water partition coefficient (Wildman–Crippen LogP) is 24.5. The molecule has 0 amide bonds. The first kappa shape index (κ1) is 99.1. The van der Waals surface area contributed by atoms with Crippen LogP contribution in [-0.2, 0) is 65.4 Å². The first-order valence-corrected chi connectivity index (χ1v) is 45.3. The minimum atomic E-state index is -4.96. The number of ether oxygens (including phenoxy) is 4. The van der Waals surface area contributed by atoms with Gasteiger partial charge in [0, 0.05) is 25.7 Å². The summed E-state index contributed by atoms with van der Waals surface area (Å²) in [7, 11) is -9.92. The van der Waals surface area contributed by atoms with E-state index in [-0.39, 0.29) is 25.7 Å². The fourth-order valence-electron chi connectivity index (χ4n) is 12.7. The van der Waals surface area contributed by atoms with E-state index in [0.717, 1.165) is 108 Å². The van der Waals surface area contributed by atoms with E-state index >= 15 is 0 Å². The van der Waals surface area contributed by atoms with Crippen LogP contribution in [0.15, 0.2) is 0 Å². The Hall–Kier alpha value is -1.94. The van der Waals surface area contributed by atoms with Crippen LogP contribution in [0.2, 0.25) is 0 Å². The van der Waals surface area contributed by atoms with Gasteiger partial charge in [-0.3, -0.25) is 37.3 Å². The van der Waals surface area contributed by atoms with Crippen molar-refractivity contribution in [1.29, 1.82) is 0 Å². The van der Waals surface area contributed by atoms with Gasteiger partial charge < -0.3 is 33.8 Å². The number of aliphatic hydroxyl groups excluding tert-OH is 1. The minimum Gasteiger partial charge on any atom is -0.462 e. The molecule has 0 bridgehead atoms. The highest BCUT2D eigenvalue weighted by atomic mass is 31.2. The van der Waals surface area contributed by atoms with E-state index in [1.54, 1.807) is 0 Å². The zero-order valence-corrected chi connectivity index (χ0v) is 68.2. The van der Waals surface area contributed by atoms with Crippen molar-refractivity contribution in [3.05, 3.63) is 0 Å². The van der Waals surface area contributed by atoms with Gasteiger partial charge in [0.1, 0.15) is 19.3 Å². The topological polar surface area (TPSA) is 237 Å². The molecule has 17 nitrogen and oxygen atoms in total. The summed E-state index contributed by atoms with van der Waals surface area (Å²) in [5.41, 5.74) is 0. The van der Waals surface area contributed by atoms with Crippen molar-refractivity contribution >= 4 is 39.5 Å². The highest BCUT2D eigenvalue weighted by Gasteiger charge is 2.30. The first-order valence-electron chi connectivity index (χ1n) is 42.3. The van der Waals surface area contributed by atoms with Crippen LogP contribution >= 0.6 is 15.6 Å². The number of phosphoric ester groups is 2. The summed E-state index contributed by atoms with van der Waals surface area (Å²) in [6.45, 7) is 12.0. The number of esters is 4. The monoisotopic (exact) mass is 1480 g/mol. The lowest BCUT2D eigenvalue weighted by Gasteiger charge is -2.21. The molecule has 0 aromatic heterocycles. The summed E-state index contributed by atoms with van der Waals surface area (Å²) in [6, 6.07) is 0. The van der Waals surface area contributed by atoms with Gasteiger partial charge in [-0.05, 0) is 43.4 Å². The van der Waals surface area contributed by atoms with Gasteiger partial charge in [-0.1, -0.05) is 376 Å². The summed E-state index contributed by atoms with van der Waals surface area (Å²) < 4.78 is 68.8. The molecule has 0 aliphatic rings. The number of aliphatic hydroxyl groups is 1. The van der Waals surface area contributed by atoms with Crippen LogP contribution in [0.4, 0.5) is 0 Å². The molecule has 0 fully saturated rings. The Kier molecular flexibility index (Phi) is 70.9. The smallest absolute Gasteiger partial charge is 0.462 e. The molecule has 0 aromatic carbocycles. The summed E-state index contributed by atoms with van der Waals surface area (Å²) in [6.07, 6.45) is 61.0. The van der Waals surface area contributed by atoms with Gasteiger partial charge in [0.15, 0.2) is 12.2 Å². The van der Waals surface area contributed by atoms with Gasteiger partial charge in [0.2, 0.25) is 0 Å². The third kappa shape index (κ3) is 76.1. The van der Waals surface area contributed by atoms with Crippen molar-refractivity contribution in [2.75, 3.05) is 39.6 Å². The quantitative estimate of drug-likeness (QED) is 0.0222. The Morgan fingerprint density at radius 1 is 0.267 bits per heavy atom. The largest absolute Gasteiger partial charge is 0.472 e. The molecule has 0 heterocycles. The van der Waals surface area contributed by atoms with Crippen LogP contribution in [0, 0.1) is 17.8 Å². The fourth-order valence-corrected chi connectivity index (χ4v) is 14.2. The van der Waals surface area contributed by atoms with E-state index in [0.29, 0.717) is 25.7 Å². The van der Waals surface area contributed by atoms with Gasteiger partial charge >= 0.3 is 39.5 Å². The second-order valence-corrected chi connectivity index (χ2v) is 33.8. The van der Waals surface area contributed by atoms with Gasteiger partial charge in [-0.2, -0.15) is 0 Å². The predicted molar refractivity (Wildman–Crippen MR) is 414 cm³/mol. The Morgan fingerprint density at radius 3 is 0.673 bits per heavy atom. The van der Waals surface area contributed by atoms with Crippen LogP contribution in [0.3, 0.4) is 0 Å². The molecule has 101 heavy (non-hydrogen) atoms. The maximum atomic E-state index is 13.1. The number of phosphoric acid groups is 2. The summed E-state index contributed by atoms with van der Waals surface area (Å²) in [5.74, 6) is 0.192. The van der Waals surface area contributed by atoms with E-state index in [1.165, 1.54) is 238 Å². The molecule has 19 heteroatoms. The molecule has 3 N–H and O–H groups in total. The van der Waals surface area contributed by atoms with Crippen LogP contribution < -0.4 is 0 Å². The van der Waals surface area contributed by atoms with Gasteiger partial charge in [-0.15, -0.1) is 0 Å². The standard InChI is InChI=1S/C82H160O17P2/c1-8-9-10-11-12-13-14-15-16-17-18-19-20-23-27-37-44-51-58-65-81(86)98-77(69-92-79(84)63-56-49-42-35-26-24-21-22-25-32-39-46-53-60-73(2)3)71-96-100(88,89)94-67-76(83)68-95-101(90,91)97-72-78(99-82(87)66-59-52-45-38-31-29-34-41-48-55-62-75(6)7)70-93-80(85)64-57-50-43-36-30-28-33-40-47-54-61-74(4)5/h73-78,83H,8-72H2,1-7H3,(H,88,89)(H,90,91)/t76-,77-,78-/m1/s1. The normalized spacial score (nSPS) is 14.0. The Bertz CT molecular complexity index is 1960. The SMILES string of the molecule is CCCCCCCCCCCCCCCCCCCCCC(=O)O[C@H](COC(=O)CCCCCCCCCCCCCCCC(C)C)COP(=O)(O)OC[C@@H](O)COP(=O)(O)OC[C@@H](COC(=O)CCCCCCCCCCCCC(C)C)OC(=O)CCCCCCCCCCCCC(C)C. The van der Waals surface area contributed by atoms with Crippen molar-refractivity contribution < 1.29 is 80.2 Å². The van der Waals surface area contributed by atoms with Crippen molar-refractivity contribution in [1.82, 2.24) is 0 Å². The minimum absolute atomic E-state index is 0.106. The molecular formula is C82H160O17P2. The van der Waals surface area contributed by atoms with Crippen molar-refractivity contribution in [2.45, 2.75) is 446 Å². The third-order valence-corrected chi connectivity index (χ3v) is 21.0. The molecule has 0 aliphatic heterocycles. The molecule has 0 rings (SSSR count). The molecule has 0 saturated heterocycles. The molecule has 5 atom stereocenters. The summed E-state index contributed by atoms with van der Waals surface area (Å²) in [4.78, 5) is 73.1. The van der Waals surface area contributed by atoms with Gasteiger partial charge in [0.05, 0.1) is 26.4 Å². The molecule has 0 spiro atoms. The Morgan fingerprint density at radius 2 is 0.455 bits per heavy atom. The molecule has 0 aliphatic carbocycles. The van der Waals surface area contributed by atoms with E-state index in [1.807, 2.05) is 0 Å². The average Bonchev–Trinajstić information content (AvgIpc) is 0.971. The lowest BCUT2D eigenvalue weighted by Crippen LogP contribution is -2.30. The zero-order valence-electron chi connectivity index (χ0n) is 66.4. The number of hydrogen-bond acceptors (Lipinski definition) is 15. The number of unbranched alkanes of at least 4 members (excludes halogenated alkanes) is 48. The van der Waals surface area contributed by atoms with Crippen molar-refractivity contribution in [3.8, 4) is 0 Å². The van der Waals surface area contributed by atoms with E-state index in [4.69, 9.17) is 37.0 Å². The lowest BCUT2D eigenvalue weighted by molar-refractivity contribution is -0.161. The third-order valence-electron chi connectivity index (χ3n) is 19.1. The highest BCUT2D eigenvalue weighted by molar-refractivity contribution is 7.47. The number of hydrogen-bond donors (Lipinski definition) is 3. The first-order chi connectivity index (χ1) is 48.7. The van der Waals surface area contributed by atoms with Gasteiger partial charge in [0.25, 0.3) is 0 Å². The second-order valence-electron chi connectivity index (χ2n) is 30.9. The lowest BCUT2D eigenvalue weighted by atomic mass is 10.0. The summed E-state index contributed by atoms with van der Waals surface area (Å²) >= 11 is 0.